The zero-order valence-electron chi connectivity index (χ0n) is 18.5. The molecule has 2 atom stereocenters. The number of nitrogens with one attached hydrogen (secondary N) is 1. The summed E-state index contributed by atoms with van der Waals surface area (Å²) in [7, 11) is 0. The van der Waals surface area contributed by atoms with E-state index in [1.807, 2.05) is 20.8 Å². The van der Waals surface area contributed by atoms with Gasteiger partial charge in [-0.1, -0.05) is 55.2 Å². The van der Waals surface area contributed by atoms with Gasteiger partial charge in [0.2, 0.25) is 11.8 Å². The minimum absolute atomic E-state index is 0.0143. The molecule has 0 radical (unpaired) electrons. The highest BCUT2D eigenvalue weighted by atomic mass is 35.5. The van der Waals surface area contributed by atoms with Crippen LogP contribution < -0.4 is 5.32 Å². The molecule has 2 aromatic rings. The lowest BCUT2D eigenvalue weighted by Gasteiger charge is -2.31. The van der Waals surface area contributed by atoms with Crippen molar-refractivity contribution in [2.45, 2.75) is 58.0 Å². The van der Waals surface area contributed by atoms with Crippen LogP contribution in [0, 0.1) is 5.82 Å². The van der Waals surface area contributed by atoms with E-state index >= 15 is 0 Å². The highest BCUT2D eigenvalue weighted by Gasteiger charge is 2.29. The van der Waals surface area contributed by atoms with E-state index in [-0.39, 0.29) is 36.0 Å². The standard InChI is InChI=1S/C24H29Cl2FN2O2S/c1-4-16(3)28-24(31)22(5-2)29(13-18-8-9-19(25)12-21(18)26)23(30)15-32-14-17-6-10-20(27)11-7-17/h6-12,16,22H,4-5,13-15H2,1-3H3,(H,28,31)/t16-,22-/m1/s1. The van der Waals surface area contributed by atoms with Crippen molar-refractivity contribution in [1.29, 1.82) is 0 Å². The molecular weight excluding hydrogens is 470 g/mol. The summed E-state index contributed by atoms with van der Waals surface area (Å²) in [6.07, 6.45) is 1.27. The number of nitrogens with zero attached hydrogens (tertiary/aromatic N) is 1. The molecule has 0 unspecified atom stereocenters. The number of thioether (sulfide) groups is 1. The van der Waals surface area contributed by atoms with Crippen LogP contribution in [0.2, 0.25) is 10.0 Å². The van der Waals surface area contributed by atoms with Crippen molar-refractivity contribution in [2.75, 3.05) is 5.75 Å². The molecule has 2 aromatic carbocycles. The van der Waals surface area contributed by atoms with E-state index in [0.717, 1.165) is 17.5 Å². The molecule has 0 aliphatic rings. The van der Waals surface area contributed by atoms with Gasteiger partial charge < -0.3 is 10.2 Å². The Balaban J connectivity index is 2.17. The van der Waals surface area contributed by atoms with Gasteiger partial charge in [-0.05, 0) is 55.2 Å². The van der Waals surface area contributed by atoms with Crippen molar-refractivity contribution in [1.82, 2.24) is 10.2 Å². The Bertz CT molecular complexity index is 911. The molecule has 4 nitrogen and oxygen atoms in total. The number of amides is 2. The van der Waals surface area contributed by atoms with Crippen LogP contribution >= 0.6 is 35.0 Å². The molecule has 1 N–H and O–H groups in total. The van der Waals surface area contributed by atoms with Gasteiger partial charge in [0, 0.05) is 28.4 Å². The lowest BCUT2D eigenvalue weighted by atomic mass is 10.1. The van der Waals surface area contributed by atoms with Crippen molar-refractivity contribution < 1.29 is 14.0 Å². The topological polar surface area (TPSA) is 49.4 Å². The predicted octanol–water partition coefficient (Wildman–Crippen LogP) is 6.09. The number of hydrogen-bond donors (Lipinski definition) is 1. The van der Waals surface area contributed by atoms with Gasteiger partial charge in [-0.2, -0.15) is 0 Å². The summed E-state index contributed by atoms with van der Waals surface area (Å²) in [5.74, 6) is 0.129. The summed E-state index contributed by atoms with van der Waals surface area (Å²) in [6.45, 7) is 6.02. The van der Waals surface area contributed by atoms with Gasteiger partial charge in [0.1, 0.15) is 11.9 Å². The molecule has 0 spiro atoms. The summed E-state index contributed by atoms with van der Waals surface area (Å²) < 4.78 is 13.1. The Kier molecular flexibility index (Phi) is 10.8. The second-order valence-corrected chi connectivity index (χ2v) is 9.45. The minimum Gasteiger partial charge on any atom is -0.352 e. The smallest absolute Gasteiger partial charge is 0.243 e. The van der Waals surface area contributed by atoms with E-state index in [1.54, 1.807) is 35.2 Å². The SMILES string of the molecule is CC[C@@H](C)NC(=O)[C@@H](CC)N(Cc1ccc(Cl)cc1Cl)C(=O)CSCc1ccc(F)cc1. The van der Waals surface area contributed by atoms with E-state index in [9.17, 15) is 14.0 Å². The fourth-order valence-corrected chi connectivity index (χ4v) is 4.45. The van der Waals surface area contributed by atoms with Crippen LogP contribution in [0.1, 0.15) is 44.7 Å². The molecule has 0 fully saturated rings. The first-order valence-corrected chi connectivity index (χ1v) is 12.5. The molecule has 0 bridgehead atoms. The summed E-state index contributed by atoms with van der Waals surface area (Å²) in [4.78, 5) is 27.8. The van der Waals surface area contributed by atoms with Crippen LogP contribution in [-0.2, 0) is 21.9 Å². The number of carbonyl (C=O) groups is 2. The van der Waals surface area contributed by atoms with Crippen molar-refractivity contribution in [3.8, 4) is 0 Å². The molecular formula is C24H29Cl2FN2O2S. The molecule has 2 rings (SSSR count). The fourth-order valence-electron chi connectivity index (χ4n) is 3.11. The fraction of sp³-hybridized carbons (Fsp3) is 0.417. The third-order valence-electron chi connectivity index (χ3n) is 5.15. The Morgan fingerprint density at radius 3 is 2.38 bits per heavy atom. The van der Waals surface area contributed by atoms with Crippen molar-refractivity contribution in [2.24, 2.45) is 0 Å². The monoisotopic (exact) mass is 498 g/mol. The summed E-state index contributed by atoms with van der Waals surface area (Å²) in [5, 5.41) is 3.94. The van der Waals surface area contributed by atoms with Gasteiger partial charge >= 0.3 is 0 Å². The number of halogens is 3. The maximum absolute atomic E-state index is 13.2. The summed E-state index contributed by atoms with van der Waals surface area (Å²) in [6, 6.07) is 10.7. The maximum Gasteiger partial charge on any atom is 0.243 e. The first-order chi connectivity index (χ1) is 15.2. The first-order valence-electron chi connectivity index (χ1n) is 10.6. The molecule has 0 heterocycles. The van der Waals surface area contributed by atoms with Gasteiger partial charge in [-0.25, -0.2) is 4.39 Å². The molecule has 0 aliphatic heterocycles. The van der Waals surface area contributed by atoms with Gasteiger partial charge in [-0.3, -0.25) is 9.59 Å². The average Bonchev–Trinajstić information content (AvgIpc) is 2.76. The normalized spacial score (nSPS) is 12.8. The lowest BCUT2D eigenvalue weighted by molar-refractivity contribution is -0.139. The van der Waals surface area contributed by atoms with Gasteiger partial charge in [0.15, 0.2) is 0 Å². The Labute approximate surface area is 203 Å². The van der Waals surface area contributed by atoms with E-state index in [1.165, 1.54) is 23.9 Å². The Morgan fingerprint density at radius 1 is 1.09 bits per heavy atom. The van der Waals surface area contributed by atoms with E-state index in [2.05, 4.69) is 5.32 Å². The highest BCUT2D eigenvalue weighted by Crippen LogP contribution is 2.24. The molecule has 0 aliphatic carbocycles. The average molecular weight is 499 g/mol. The number of rotatable bonds is 11. The van der Waals surface area contributed by atoms with Crippen LogP contribution in [0.25, 0.3) is 0 Å². The first kappa shape index (κ1) is 26.5. The third-order valence-corrected chi connectivity index (χ3v) is 6.73. The maximum atomic E-state index is 13.2. The zero-order chi connectivity index (χ0) is 23.7. The second-order valence-electron chi connectivity index (χ2n) is 7.62. The molecule has 8 heteroatoms. The molecule has 0 saturated heterocycles. The quantitative estimate of drug-likeness (QED) is 0.407. The molecule has 0 saturated carbocycles. The minimum atomic E-state index is -0.616. The van der Waals surface area contributed by atoms with Crippen LogP contribution in [-0.4, -0.2) is 34.6 Å². The largest absolute Gasteiger partial charge is 0.352 e. The van der Waals surface area contributed by atoms with Gasteiger partial charge in [0.25, 0.3) is 0 Å². The van der Waals surface area contributed by atoms with Crippen molar-refractivity contribution in [3.05, 3.63) is 69.5 Å². The van der Waals surface area contributed by atoms with Crippen LogP contribution in [0.4, 0.5) is 4.39 Å². The van der Waals surface area contributed by atoms with Crippen molar-refractivity contribution >= 4 is 46.8 Å². The number of carbonyl (C=O) groups excluding carboxylic acids is 2. The van der Waals surface area contributed by atoms with E-state index in [0.29, 0.717) is 22.2 Å². The van der Waals surface area contributed by atoms with Gasteiger partial charge in [0.05, 0.1) is 5.75 Å². The summed E-state index contributed by atoms with van der Waals surface area (Å²) in [5.41, 5.74) is 1.65. The molecule has 32 heavy (non-hydrogen) atoms. The molecule has 174 valence electrons. The zero-order valence-corrected chi connectivity index (χ0v) is 20.9. The van der Waals surface area contributed by atoms with E-state index < -0.39 is 6.04 Å². The summed E-state index contributed by atoms with van der Waals surface area (Å²) >= 11 is 13.8. The highest BCUT2D eigenvalue weighted by molar-refractivity contribution is 7.99. The van der Waals surface area contributed by atoms with Gasteiger partial charge in [-0.15, -0.1) is 11.8 Å². The van der Waals surface area contributed by atoms with Crippen LogP contribution in [0.15, 0.2) is 42.5 Å². The lowest BCUT2D eigenvalue weighted by Crippen LogP contribution is -2.51. The van der Waals surface area contributed by atoms with E-state index in [4.69, 9.17) is 23.2 Å². The molecule has 2 amide bonds. The molecule has 0 aromatic heterocycles. The Hall–Kier alpha value is -1.76. The number of hydrogen-bond acceptors (Lipinski definition) is 3. The number of benzene rings is 2. The van der Waals surface area contributed by atoms with Crippen LogP contribution in [0.5, 0.6) is 0 Å². The second kappa shape index (κ2) is 13.1. The van der Waals surface area contributed by atoms with Crippen LogP contribution in [0.3, 0.4) is 0 Å². The van der Waals surface area contributed by atoms with Crippen molar-refractivity contribution in [3.63, 3.8) is 0 Å². The Morgan fingerprint density at radius 2 is 1.78 bits per heavy atom. The predicted molar refractivity (Wildman–Crippen MR) is 132 cm³/mol. The third kappa shape index (κ3) is 7.98.